The number of carbonyl (C=O) groups excluding carboxylic acids is 1. The van der Waals surface area contributed by atoms with Crippen LogP contribution >= 0.6 is 11.3 Å². The summed E-state index contributed by atoms with van der Waals surface area (Å²) in [6.45, 7) is 8.51. The van der Waals surface area contributed by atoms with Crippen LogP contribution in [0, 0.1) is 27.7 Å². The largest absolute Gasteiger partial charge is 0.329 e. The maximum absolute atomic E-state index is 13.3. The van der Waals surface area contributed by atoms with Crippen LogP contribution in [0.25, 0.3) is 11.1 Å². The van der Waals surface area contributed by atoms with Gasteiger partial charge in [-0.05, 0) is 57.7 Å². The van der Waals surface area contributed by atoms with Gasteiger partial charge in [0.15, 0.2) is 0 Å². The van der Waals surface area contributed by atoms with Gasteiger partial charge in [0.05, 0.1) is 22.4 Å². The summed E-state index contributed by atoms with van der Waals surface area (Å²) in [7, 11) is 0. The number of amides is 1. The Hall–Kier alpha value is -2.67. The Morgan fingerprint density at radius 3 is 2.68 bits per heavy atom. The van der Waals surface area contributed by atoms with Crippen molar-refractivity contribution in [3.63, 3.8) is 0 Å². The van der Waals surface area contributed by atoms with Gasteiger partial charge in [-0.2, -0.15) is 0 Å². The second kappa shape index (κ2) is 7.39. The van der Waals surface area contributed by atoms with Crippen LogP contribution in [0.3, 0.4) is 0 Å². The van der Waals surface area contributed by atoms with E-state index in [9.17, 15) is 4.79 Å². The molecule has 0 spiro atoms. The summed E-state index contributed by atoms with van der Waals surface area (Å²) in [5.41, 5.74) is 4.84. The van der Waals surface area contributed by atoms with Crippen molar-refractivity contribution in [3.05, 3.63) is 57.3 Å². The Morgan fingerprint density at radius 1 is 1.14 bits per heavy atom. The van der Waals surface area contributed by atoms with E-state index in [1.807, 2.05) is 51.1 Å². The number of aromatic nitrogens is 4. The van der Waals surface area contributed by atoms with Gasteiger partial charge in [-0.25, -0.2) is 15.0 Å². The molecule has 3 aromatic rings. The zero-order valence-corrected chi connectivity index (χ0v) is 17.4. The number of hydrogen-bond donors (Lipinski definition) is 0. The fraction of sp³-hybridized carbons (Fsp3) is 0.381. The molecule has 4 rings (SSSR count). The highest BCUT2D eigenvalue weighted by Crippen LogP contribution is 2.38. The molecule has 1 fully saturated rings. The molecule has 1 aliphatic rings. The lowest BCUT2D eigenvalue weighted by Crippen LogP contribution is -2.31. The van der Waals surface area contributed by atoms with Crippen LogP contribution in [-0.2, 0) is 0 Å². The van der Waals surface area contributed by atoms with Gasteiger partial charge in [-0.3, -0.25) is 9.78 Å². The fourth-order valence-corrected chi connectivity index (χ4v) is 4.75. The molecule has 0 saturated carbocycles. The minimum Gasteiger partial charge on any atom is -0.329 e. The van der Waals surface area contributed by atoms with Crippen LogP contribution in [0.4, 0.5) is 0 Å². The molecule has 28 heavy (non-hydrogen) atoms. The number of pyridine rings is 1. The van der Waals surface area contributed by atoms with E-state index in [0.29, 0.717) is 0 Å². The summed E-state index contributed by atoms with van der Waals surface area (Å²) in [4.78, 5) is 33.9. The monoisotopic (exact) mass is 393 g/mol. The molecule has 1 aliphatic heterocycles. The number of thiazole rings is 1. The number of rotatable bonds is 3. The van der Waals surface area contributed by atoms with Gasteiger partial charge >= 0.3 is 0 Å². The maximum atomic E-state index is 13.3. The van der Waals surface area contributed by atoms with Crippen molar-refractivity contribution in [2.24, 2.45) is 0 Å². The fourth-order valence-electron chi connectivity index (χ4n) is 3.88. The van der Waals surface area contributed by atoms with Gasteiger partial charge in [0.2, 0.25) is 0 Å². The van der Waals surface area contributed by atoms with Crippen LogP contribution in [-0.4, -0.2) is 37.3 Å². The van der Waals surface area contributed by atoms with Crippen molar-refractivity contribution in [1.29, 1.82) is 0 Å². The summed E-state index contributed by atoms with van der Waals surface area (Å²) in [6.07, 6.45) is 7.37. The average molecular weight is 394 g/mol. The number of aryl methyl sites for hydroxylation is 4. The lowest BCUT2D eigenvalue weighted by atomic mass is 9.97. The molecule has 0 aromatic carbocycles. The van der Waals surface area contributed by atoms with Crippen molar-refractivity contribution in [3.8, 4) is 11.1 Å². The van der Waals surface area contributed by atoms with Gasteiger partial charge in [0, 0.05) is 30.7 Å². The van der Waals surface area contributed by atoms with Crippen LogP contribution in [0.1, 0.15) is 56.3 Å². The van der Waals surface area contributed by atoms with E-state index in [2.05, 4.69) is 15.0 Å². The van der Waals surface area contributed by atoms with Gasteiger partial charge in [0.25, 0.3) is 5.91 Å². The van der Waals surface area contributed by atoms with Crippen molar-refractivity contribution < 1.29 is 4.79 Å². The van der Waals surface area contributed by atoms with E-state index in [1.165, 1.54) is 11.3 Å². The predicted molar refractivity (Wildman–Crippen MR) is 109 cm³/mol. The minimum atomic E-state index is -0.0569. The molecule has 0 N–H and O–H groups in total. The number of hydrogen-bond acceptors (Lipinski definition) is 6. The van der Waals surface area contributed by atoms with E-state index in [4.69, 9.17) is 4.98 Å². The number of nitrogens with zero attached hydrogens (tertiary/aromatic N) is 5. The SMILES string of the molecule is Cc1ncc(-c2ccncc2C)c([C@H]2CCCN2C(=O)c2sc(C)nc2C)n1. The highest BCUT2D eigenvalue weighted by molar-refractivity contribution is 7.13. The molecule has 1 atom stereocenters. The van der Waals surface area contributed by atoms with Crippen molar-refractivity contribution in [2.75, 3.05) is 6.54 Å². The Bertz CT molecular complexity index is 1050. The first kappa shape index (κ1) is 18.7. The van der Waals surface area contributed by atoms with Crippen LogP contribution in [0.5, 0.6) is 0 Å². The predicted octanol–water partition coefficient (Wildman–Crippen LogP) is 4.21. The second-order valence-electron chi connectivity index (χ2n) is 7.21. The molecule has 4 heterocycles. The van der Waals surface area contributed by atoms with E-state index in [0.717, 1.165) is 63.2 Å². The standard InChI is InChI=1S/C21H23N5OS/c1-12-10-22-8-7-16(12)17-11-23-14(3)25-19(17)18-6-5-9-26(18)21(27)20-13(2)24-15(4)28-20/h7-8,10-11,18H,5-6,9H2,1-4H3/t18-/m1/s1. The van der Waals surface area contributed by atoms with E-state index in [-0.39, 0.29) is 11.9 Å². The Kier molecular flexibility index (Phi) is 4.93. The van der Waals surface area contributed by atoms with Gasteiger partial charge in [-0.15, -0.1) is 11.3 Å². The van der Waals surface area contributed by atoms with Crippen molar-refractivity contribution in [1.82, 2.24) is 24.8 Å². The second-order valence-corrected chi connectivity index (χ2v) is 8.41. The molecule has 1 saturated heterocycles. The zero-order chi connectivity index (χ0) is 19.8. The summed E-state index contributed by atoms with van der Waals surface area (Å²) >= 11 is 1.47. The smallest absolute Gasteiger partial charge is 0.266 e. The maximum Gasteiger partial charge on any atom is 0.266 e. The van der Waals surface area contributed by atoms with Crippen molar-refractivity contribution in [2.45, 2.75) is 46.6 Å². The molecule has 144 valence electrons. The first-order chi connectivity index (χ1) is 13.5. The molecule has 1 amide bonds. The minimum absolute atomic E-state index is 0.0549. The van der Waals surface area contributed by atoms with E-state index in [1.54, 1.807) is 6.20 Å². The molecule has 0 unspecified atom stereocenters. The summed E-state index contributed by atoms with van der Waals surface area (Å²) in [6, 6.07) is 1.93. The van der Waals surface area contributed by atoms with E-state index < -0.39 is 0 Å². The Labute approximate surface area is 168 Å². The number of likely N-dealkylation sites (tertiary alicyclic amines) is 1. The third-order valence-corrected chi connectivity index (χ3v) is 6.24. The van der Waals surface area contributed by atoms with Crippen LogP contribution < -0.4 is 0 Å². The molecule has 7 heteroatoms. The van der Waals surface area contributed by atoms with Crippen LogP contribution in [0.15, 0.2) is 24.7 Å². The first-order valence-corrected chi connectivity index (χ1v) is 10.3. The van der Waals surface area contributed by atoms with Crippen molar-refractivity contribution >= 4 is 17.2 Å². The molecular weight excluding hydrogens is 370 g/mol. The summed E-state index contributed by atoms with van der Waals surface area (Å²) in [5, 5.41) is 0.919. The lowest BCUT2D eigenvalue weighted by molar-refractivity contribution is 0.0737. The first-order valence-electron chi connectivity index (χ1n) is 9.45. The summed E-state index contributed by atoms with van der Waals surface area (Å²) < 4.78 is 0. The molecule has 0 radical (unpaired) electrons. The van der Waals surface area contributed by atoms with Gasteiger partial charge in [-0.1, -0.05) is 0 Å². The van der Waals surface area contributed by atoms with Gasteiger partial charge in [0.1, 0.15) is 10.7 Å². The highest BCUT2D eigenvalue weighted by Gasteiger charge is 2.35. The normalized spacial score (nSPS) is 16.6. The summed E-state index contributed by atoms with van der Waals surface area (Å²) in [5.74, 6) is 0.772. The topological polar surface area (TPSA) is 71.9 Å². The molecule has 6 nitrogen and oxygen atoms in total. The Morgan fingerprint density at radius 2 is 1.96 bits per heavy atom. The molecule has 0 bridgehead atoms. The third-order valence-electron chi connectivity index (χ3n) is 5.18. The van der Waals surface area contributed by atoms with Gasteiger partial charge < -0.3 is 4.90 Å². The number of carbonyl (C=O) groups is 1. The third kappa shape index (κ3) is 3.30. The van der Waals surface area contributed by atoms with Crippen LogP contribution in [0.2, 0.25) is 0 Å². The lowest BCUT2D eigenvalue weighted by Gasteiger charge is -2.26. The molecular formula is C21H23N5OS. The molecule has 0 aliphatic carbocycles. The molecule has 3 aromatic heterocycles. The quantitative estimate of drug-likeness (QED) is 0.667. The Balaban J connectivity index is 1.78. The zero-order valence-electron chi connectivity index (χ0n) is 16.6. The highest BCUT2D eigenvalue weighted by atomic mass is 32.1. The average Bonchev–Trinajstić information content (AvgIpc) is 3.28. The van der Waals surface area contributed by atoms with E-state index >= 15 is 0 Å².